The molecule has 2 aromatic rings. The van der Waals surface area contributed by atoms with E-state index < -0.39 is 17.4 Å². The van der Waals surface area contributed by atoms with E-state index >= 15 is 0 Å². The number of nitrogens with one attached hydrogen (secondary N) is 1. The molecule has 0 atom stereocenters. The summed E-state index contributed by atoms with van der Waals surface area (Å²) < 4.78 is 29.6. The lowest BCUT2D eigenvalue weighted by atomic mass is 9.75. The maximum atomic E-state index is 14.0. The van der Waals surface area contributed by atoms with Gasteiger partial charge in [0.05, 0.1) is 5.69 Å². The van der Waals surface area contributed by atoms with E-state index in [2.05, 4.69) is 10.4 Å². The van der Waals surface area contributed by atoms with Crippen LogP contribution in [0, 0.1) is 0 Å². The zero-order chi connectivity index (χ0) is 16.5. The van der Waals surface area contributed by atoms with Gasteiger partial charge in [-0.05, 0) is 43.0 Å². The lowest BCUT2D eigenvalue weighted by Crippen LogP contribution is -2.60. The van der Waals surface area contributed by atoms with E-state index in [1.165, 1.54) is 0 Å². The number of carbonyl (C=O) groups excluding carboxylic acids is 1. The van der Waals surface area contributed by atoms with E-state index in [0.717, 1.165) is 5.69 Å². The van der Waals surface area contributed by atoms with Crippen LogP contribution in [0.15, 0.2) is 42.7 Å². The molecule has 7 heteroatoms. The van der Waals surface area contributed by atoms with E-state index in [9.17, 15) is 18.7 Å². The fourth-order valence-corrected chi connectivity index (χ4v) is 2.56. The molecule has 1 aliphatic rings. The zero-order valence-corrected chi connectivity index (χ0v) is 12.4. The summed E-state index contributed by atoms with van der Waals surface area (Å²) >= 11 is 0. The summed E-state index contributed by atoms with van der Waals surface area (Å²) in [6.45, 7) is -0.0421. The van der Waals surface area contributed by atoms with E-state index in [1.807, 2.05) is 6.07 Å². The van der Waals surface area contributed by atoms with Gasteiger partial charge in [-0.2, -0.15) is 13.9 Å². The van der Waals surface area contributed by atoms with Crippen LogP contribution in [-0.2, 0) is 11.3 Å². The Balaban J connectivity index is 1.66. The Morgan fingerprint density at radius 1 is 1.39 bits per heavy atom. The minimum absolute atomic E-state index is 0.0421. The van der Waals surface area contributed by atoms with Gasteiger partial charge in [-0.25, -0.2) is 4.68 Å². The van der Waals surface area contributed by atoms with Gasteiger partial charge in [0.2, 0.25) is 0 Å². The van der Waals surface area contributed by atoms with E-state index in [-0.39, 0.29) is 19.4 Å². The maximum Gasteiger partial charge on any atom is 0.352 e. The summed E-state index contributed by atoms with van der Waals surface area (Å²) in [5, 5.41) is 16.0. The van der Waals surface area contributed by atoms with Crippen LogP contribution >= 0.6 is 0 Å². The first-order valence-corrected chi connectivity index (χ1v) is 7.40. The molecule has 0 unspecified atom stereocenters. The minimum Gasteiger partial charge on any atom is -0.383 e. The number of aliphatic hydroxyl groups is 1. The Labute approximate surface area is 131 Å². The van der Waals surface area contributed by atoms with Gasteiger partial charge in [0, 0.05) is 18.9 Å². The van der Waals surface area contributed by atoms with Crippen molar-refractivity contribution in [1.82, 2.24) is 15.1 Å². The Morgan fingerprint density at radius 3 is 2.78 bits per heavy atom. The third-order valence-electron chi connectivity index (χ3n) is 4.18. The number of hydrogen-bond acceptors (Lipinski definition) is 3. The molecule has 1 heterocycles. The van der Waals surface area contributed by atoms with Gasteiger partial charge in [0.25, 0.3) is 5.91 Å². The van der Waals surface area contributed by atoms with Gasteiger partial charge in [-0.1, -0.05) is 12.1 Å². The SMILES string of the molecule is O=C(NCc1cccc(-n2cccn2)c1)C(F)(F)C1(O)CCC1. The highest BCUT2D eigenvalue weighted by Crippen LogP contribution is 2.44. The van der Waals surface area contributed by atoms with Crippen LogP contribution in [0.1, 0.15) is 24.8 Å². The predicted molar refractivity (Wildman–Crippen MR) is 79.2 cm³/mol. The zero-order valence-electron chi connectivity index (χ0n) is 12.4. The normalized spacial score (nSPS) is 16.7. The molecule has 0 spiro atoms. The van der Waals surface area contributed by atoms with Gasteiger partial charge < -0.3 is 10.4 Å². The molecule has 1 aromatic heterocycles. The number of benzene rings is 1. The van der Waals surface area contributed by atoms with Gasteiger partial charge in [-0.3, -0.25) is 4.79 Å². The molecule has 0 bridgehead atoms. The third-order valence-corrected chi connectivity index (χ3v) is 4.18. The molecule has 5 nitrogen and oxygen atoms in total. The smallest absolute Gasteiger partial charge is 0.352 e. The van der Waals surface area contributed by atoms with Crippen molar-refractivity contribution < 1.29 is 18.7 Å². The quantitative estimate of drug-likeness (QED) is 0.885. The molecule has 1 fully saturated rings. The second-order valence-electron chi connectivity index (χ2n) is 5.76. The first-order valence-electron chi connectivity index (χ1n) is 7.40. The fourth-order valence-electron chi connectivity index (χ4n) is 2.56. The number of halogens is 2. The maximum absolute atomic E-state index is 14.0. The highest BCUT2D eigenvalue weighted by Gasteiger charge is 2.61. The largest absolute Gasteiger partial charge is 0.383 e. The lowest BCUT2D eigenvalue weighted by Gasteiger charge is -2.41. The molecule has 0 radical (unpaired) electrons. The van der Waals surface area contributed by atoms with Crippen molar-refractivity contribution in [3.8, 4) is 5.69 Å². The molecule has 1 amide bonds. The standard InChI is InChI=1S/C16H17F2N3O2/c17-16(18,15(23)6-2-7-15)14(22)19-11-12-4-1-5-13(10-12)21-9-3-8-20-21/h1,3-5,8-10,23H,2,6-7,11H2,(H,19,22). The average Bonchev–Trinajstić information content (AvgIpc) is 3.04. The number of nitrogens with zero attached hydrogens (tertiary/aromatic N) is 2. The molecule has 122 valence electrons. The monoisotopic (exact) mass is 321 g/mol. The van der Waals surface area contributed by atoms with Gasteiger partial charge in [-0.15, -0.1) is 0 Å². The summed E-state index contributed by atoms with van der Waals surface area (Å²) in [6, 6.07) is 8.83. The second kappa shape index (κ2) is 5.73. The van der Waals surface area contributed by atoms with E-state index in [4.69, 9.17) is 0 Å². The van der Waals surface area contributed by atoms with Crippen LogP contribution in [0.3, 0.4) is 0 Å². The van der Waals surface area contributed by atoms with Crippen LogP contribution in [0.2, 0.25) is 0 Å². The molecule has 1 aromatic carbocycles. The van der Waals surface area contributed by atoms with Crippen molar-refractivity contribution in [1.29, 1.82) is 0 Å². The Bertz CT molecular complexity index is 697. The van der Waals surface area contributed by atoms with E-state index in [1.54, 1.807) is 41.3 Å². The number of alkyl halides is 2. The Kier molecular flexibility index (Phi) is 3.89. The Morgan fingerprint density at radius 2 is 2.17 bits per heavy atom. The number of carbonyl (C=O) groups is 1. The first kappa shape index (κ1) is 15.6. The second-order valence-corrected chi connectivity index (χ2v) is 5.76. The molecule has 0 saturated heterocycles. The fraction of sp³-hybridized carbons (Fsp3) is 0.375. The van der Waals surface area contributed by atoms with Crippen molar-refractivity contribution in [2.45, 2.75) is 37.3 Å². The van der Waals surface area contributed by atoms with Crippen molar-refractivity contribution >= 4 is 5.91 Å². The number of amides is 1. The van der Waals surface area contributed by atoms with Crippen LogP contribution in [-0.4, -0.2) is 32.3 Å². The van der Waals surface area contributed by atoms with Crippen LogP contribution in [0.5, 0.6) is 0 Å². The Hall–Kier alpha value is -2.28. The van der Waals surface area contributed by atoms with Crippen molar-refractivity contribution in [2.24, 2.45) is 0 Å². The highest BCUT2D eigenvalue weighted by molar-refractivity contribution is 5.85. The lowest BCUT2D eigenvalue weighted by molar-refractivity contribution is -0.216. The number of rotatable bonds is 5. The number of hydrogen-bond donors (Lipinski definition) is 2. The molecular weight excluding hydrogens is 304 g/mol. The molecular formula is C16H17F2N3O2. The molecule has 1 aliphatic carbocycles. The predicted octanol–water partition coefficient (Wildman–Crippen LogP) is 2.04. The molecule has 2 N–H and O–H groups in total. The summed E-state index contributed by atoms with van der Waals surface area (Å²) in [6.07, 6.45) is 3.79. The van der Waals surface area contributed by atoms with Gasteiger partial charge in [0.1, 0.15) is 5.60 Å². The van der Waals surface area contributed by atoms with Crippen molar-refractivity contribution in [3.63, 3.8) is 0 Å². The average molecular weight is 321 g/mol. The van der Waals surface area contributed by atoms with Crippen LogP contribution in [0.25, 0.3) is 5.69 Å². The number of aromatic nitrogens is 2. The first-order chi connectivity index (χ1) is 10.9. The van der Waals surface area contributed by atoms with Crippen molar-refractivity contribution in [2.75, 3.05) is 0 Å². The minimum atomic E-state index is -3.77. The summed E-state index contributed by atoms with van der Waals surface area (Å²) in [4.78, 5) is 11.8. The molecule has 0 aliphatic heterocycles. The molecule has 3 rings (SSSR count). The van der Waals surface area contributed by atoms with Gasteiger partial charge >= 0.3 is 5.92 Å². The summed E-state index contributed by atoms with van der Waals surface area (Å²) in [5.74, 6) is -5.21. The van der Waals surface area contributed by atoms with Crippen LogP contribution in [0.4, 0.5) is 8.78 Å². The highest BCUT2D eigenvalue weighted by atomic mass is 19.3. The summed E-state index contributed by atoms with van der Waals surface area (Å²) in [7, 11) is 0. The molecule has 23 heavy (non-hydrogen) atoms. The van der Waals surface area contributed by atoms with E-state index in [0.29, 0.717) is 12.0 Å². The third kappa shape index (κ3) is 2.84. The summed E-state index contributed by atoms with van der Waals surface area (Å²) in [5.41, 5.74) is -0.762. The topological polar surface area (TPSA) is 67.2 Å². The van der Waals surface area contributed by atoms with Gasteiger partial charge in [0.15, 0.2) is 0 Å². The van der Waals surface area contributed by atoms with Crippen LogP contribution < -0.4 is 5.32 Å². The van der Waals surface area contributed by atoms with Crippen molar-refractivity contribution in [3.05, 3.63) is 48.3 Å². The molecule has 1 saturated carbocycles.